The van der Waals surface area contributed by atoms with Crippen LogP contribution in [0.4, 0.5) is 0 Å². The van der Waals surface area contributed by atoms with Crippen molar-refractivity contribution in [1.82, 2.24) is 10.2 Å². The minimum Gasteiger partial charge on any atom is -0.497 e. The van der Waals surface area contributed by atoms with E-state index in [1.807, 2.05) is 51.1 Å². The van der Waals surface area contributed by atoms with Crippen LogP contribution in [0.15, 0.2) is 42.5 Å². The minimum atomic E-state index is -0.605. The van der Waals surface area contributed by atoms with Gasteiger partial charge in [0.25, 0.3) is 5.91 Å². The van der Waals surface area contributed by atoms with Gasteiger partial charge in [-0.2, -0.15) is 0 Å². The van der Waals surface area contributed by atoms with Crippen LogP contribution < -0.4 is 14.8 Å². The number of likely N-dealkylation sites (N-methyl/N-ethyl adjacent to an activating group) is 1. The molecule has 0 heterocycles. The highest BCUT2D eigenvalue weighted by molar-refractivity contribution is 5.98. The Hall–Kier alpha value is -3.02. The summed E-state index contributed by atoms with van der Waals surface area (Å²) in [4.78, 5) is 27.6. The van der Waals surface area contributed by atoms with Crippen LogP contribution in [0, 0.1) is 12.8 Å². The largest absolute Gasteiger partial charge is 0.497 e. The fraction of sp³-hybridized carbons (Fsp3) is 0.417. The zero-order chi connectivity index (χ0) is 22.3. The second kappa shape index (κ2) is 10.7. The third-order valence-corrected chi connectivity index (χ3v) is 4.98. The number of ether oxygens (including phenoxy) is 2. The fourth-order valence-corrected chi connectivity index (χ4v) is 3.34. The predicted molar refractivity (Wildman–Crippen MR) is 118 cm³/mol. The summed E-state index contributed by atoms with van der Waals surface area (Å²) in [7, 11) is 4.92. The monoisotopic (exact) mass is 412 g/mol. The molecule has 1 atom stereocenters. The number of nitrogens with one attached hydrogen (secondary N) is 1. The zero-order valence-electron chi connectivity index (χ0n) is 18.7. The Labute approximate surface area is 179 Å². The van der Waals surface area contributed by atoms with Crippen molar-refractivity contribution < 1.29 is 19.1 Å². The fourth-order valence-electron chi connectivity index (χ4n) is 3.34. The summed E-state index contributed by atoms with van der Waals surface area (Å²) in [6, 6.07) is 12.3. The van der Waals surface area contributed by atoms with Crippen molar-refractivity contribution in [2.75, 3.05) is 21.3 Å². The minimum absolute atomic E-state index is 0.136. The Bertz CT molecular complexity index is 879. The van der Waals surface area contributed by atoms with Gasteiger partial charge in [0.1, 0.15) is 17.5 Å². The number of nitrogens with zero attached hydrogens (tertiary/aromatic N) is 1. The highest BCUT2D eigenvalue weighted by Gasteiger charge is 2.26. The van der Waals surface area contributed by atoms with Gasteiger partial charge in [0, 0.05) is 30.8 Å². The Balaban J connectivity index is 2.18. The Morgan fingerprint density at radius 1 is 1.07 bits per heavy atom. The van der Waals surface area contributed by atoms with Gasteiger partial charge in [-0.3, -0.25) is 9.59 Å². The Morgan fingerprint density at radius 3 is 2.37 bits per heavy atom. The molecule has 6 nitrogen and oxygen atoms in total. The van der Waals surface area contributed by atoms with Gasteiger partial charge in [-0.05, 0) is 43.0 Å². The molecule has 0 saturated heterocycles. The summed E-state index contributed by atoms with van der Waals surface area (Å²) in [5.41, 5.74) is 2.32. The van der Waals surface area contributed by atoms with Crippen LogP contribution in [0.2, 0.25) is 0 Å². The quantitative estimate of drug-likeness (QED) is 0.680. The molecule has 2 aromatic rings. The van der Waals surface area contributed by atoms with E-state index in [4.69, 9.17) is 9.47 Å². The maximum absolute atomic E-state index is 13.2. The molecule has 0 aliphatic heterocycles. The summed E-state index contributed by atoms with van der Waals surface area (Å²) in [5, 5.41) is 2.94. The van der Waals surface area contributed by atoms with Crippen LogP contribution in [0.25, 0.3) is 0 Å². The highest BCUT2D eigenvalue weighted by Crippen LogP contribution is 2.26. The molecule has 0 aromatic heterocycles. The molecule has 1 N–H and O–H groups in total. The number of carbonyl (C=O) groups excluding carboxylic acids is 2. The molecule has 2 aromatic carbocycles. The Morgan fingerprint density at radius 2 is 1.77 bits per heavy atom. The van der Waals surface area contributed by atoms with E-state index in [0.717, 1.165) is 11.1 Å². The number of hydrogen-bond acceptors (Lipinski definition) is 4. The molecule has 0 aliphatic rings. The molecule has 30 heavy (non-hydrogen) atoms. The molecule has 0 spiro atoms. The van der Waals surface area contributed by atoms with E-state index in [9.17, 15) is 9.59 Å². The van der Waals surface area contributed by atoms with Gasteiger partial charge >= 0.3 is 0 Å². The van der Waals surface area contributed by atoms with E-state index < -0.39 is 6.04 Å². The van der Waals surface area contributed by atoms with Crippen molar-refractivity contribution in [3.8, 4) is 11.5 Å². The molecule has 0 saturated carbocycles. The zero-order valence-corrected chi connectivity index (χ0v) is 18.7. The van der Waals surface area contributed by atoms with Gasteiger partial charge in [-0.1, -0.05) is 32.0 Å². The first-order valence-electron chi connectivity index (χ1n) is 10.1. The number of rotatable bonds is 9. The normalized spacial score (nSPS) is 11.7. The smallest absolute Gasteiger partial charge is 0.252 e. The number of carbonyl (C=O) groups is 2. The van der Waals surface area contributed by atoms with Gasteiger partial charge in [0.05, 0.1) is 14.2 Å². The van der Waals surface area contributed by atoms with Gasteiger partial charge in [-0.15, -0.1) is 0 Å². The molecule has 2 amide bonds. The van der Waals surface area contributed by atoms with Crippen LogP contribution in [0.3, 0.4) is 0 Å². The second-order valence-corrected chi connectivity index (χ2v) is 7.84. The third-order valence-electron chi connectivity index (χ3n) is 4.98. The van der Waals surface area contributed by atoms with E-state index in [1.165, 1.54) is 0 Å². The van der Waals surface area contributed by atoms with Gasteiger partial charge in [0.2, 0.25) is 5.91 Å². The van der Waals surface area contributed by atoms with Gasteiger partial charge in [0.15, 0.2) is 0 Å². The first kappa shape index (κ1) is 23.3. The number of amides is 2. The van der Waals surface area contributed by atoms with Crippen molar-refractivity contribution in [2.24, 2.45) is 5.92 Å². The number of hydrogen-bond donors (Lipinski definition) is 1. The lowest BCUT2D eigenvalue weighted by atomic mass is 10.0. The molecule has 6 heteroatoms. The third kappa shape index (κ3) is 5.99. The number of methoxy groups -OCH3 is 2. The summed E-state index contributed by atoms with van der Waals surface area (Å²) < 4.78 is 10.7. The standard InChI is InChI=1S/C24H32N2O4/c1-16(2)13-21(25-23(27)20-10-8-7-9-17(20)3)24(28)26(4)15-18-11-12-19(29-5)14-22(18)30-6/h7-12,14,16,21H,13,15H2,1-6H3,(H,25,27). The molecule has 0 radical (unpaired) electrons. The SMILES string of the molecule is COc1ccc(CN(C)C(=O)C(CC(C)C)NC(=O)c2ccccc2C)c(OC)c1. The molecule has 0 aliphatic carbocycles. The lowest BCUT2D eigenvalue weighted by molar-refractivity contribution is -0.132. The number of aryl methyl sites for hydroxylation is 1. The molecule has 1 unspecified atom stereocenters. The molecule has 0 fully saturated rings. The van der Waals surface area contributed by atoms with Gasteiger partial charge in [-0.25, -0.2) is 0 Å². The molecule has 2 rings (SSSR count). The van der Waals surface area contributed by atoms with Crippen molar-refractivity contribution >= 4 is 11.8 Å². The van der Waals surface area contributed by atoms with Crippen molar-refractivity contribution in [3.05, 3.63) is 59.2 Å². The highest BCUT2D eigenvalue weighted by atomic mass is 16.5. The van der Waals surface area contributed by atoms with Crippen molar-refractivity contribution in [3.63, 3.8) is 0 Å². The first-order valence-corrected chi connectivity index (χ1v) is 10.1. The van der Waals surface area contributed by atoms with Crippen LogP contribution in [-0.2, 0) is 11.3 Å². The first-order chi connectivity index (χ1) is 14.3. The van der Waals surface area contributed by atoms with E-state index in [1.54, 1.807) is 38.3 Å². The van der Waals surface area contributed by atoms with Crippen LogP contribution in [0.1, 0.15) is 41.8 Å². The maximum atomic E-state index is 13.2. The summed E-state index contributed by atoms with van der Waals surface area (Å²) >= 11 is 0. The molecule has 162 valence electrons. The Kier molecular flexibility index (Phi) is 8.27. The lowest BCUT2D eigenvalue weighted by Gasteiger charge is -2.26. The van der Waals surface area contributed by atoms with Crippen molar-refractivity contribution in [1.29, 1.82) is 0 Å². The number of benzene rings is 2. The summed E-state index contributed by atoms with van der Waals surface area (Å²) in [5.74, 6) is 1.22. The summed E-state index contributed by atoms with van der Waals surface area (Å²) in [6.45, 7) is 6.32. The average molecular weight is 413 g/mol. The summed E-state index contributed by atoms with van der Waals surface area (Å²) in [6.07, 6.45) is 0.556. The lowest BCUT2D eigenvalue weighted by Crippen LogP contribution is -2.48. The van der Waals surface area contributed by atoms with Gasteiger partial charge < -0.3 is 19.7 Å². The van der Waals surface area contributed by atoms with E-state index in [-0.39, 0.29) is 17.7 Å². The molecular weight excluding hydrogens is 380 g/mol. The molecular formula is C24H32N2O4. The van der Waals surface area contributed by atoms with E-state index >= 15 is 0 Å². The molecule has 0 bridgehead atoms. The maximum Gasteiger partial charge on any atom is 0.252 e. The topological polar surface area (TPSA) is 67.9 Å². The van der Waals surface area contributed by atoms with Crippen LogP contribution in [0.5, 0.6) is 11.5 Å². The van der Waals surface area contributed by atoms with Crippen molar-refractivity contribution in [2.45, 2.75) is 39.8 Å². The second-order valence-electron chi connectivity index (χ2n) is 7.84. The predicted octanol–water partition coefficient (Wildman–Crippen LogP) is 3.82. The average Bonchev–Trinajstić information content (AvgIpc) is 2.72. The van der Waals surface area contributed by atoms with E-state index in [2.05, 4.69) is 5.32 Å². The van der Waals surface area contributed by atoms with E-state index in [0.29, 0.717) is 30.0 Å². The van der Waals surface area contributed by atoms with Crippen LogP contribution >= 0.6 is 0 Å². The van der Waals surface area contributed by atoms with Crippen LogP contribution in [-0.4, -0.2) is 44.0 Å².